The molecule has 0 spiro atoms. The minimum Gasteiger partial charge on any atom is -0.456 e. The van der Waals surface area contributed by atoms with Crippen molar-refractivity contribution in [2.24, 2.45) is 0 Å². The van der Waals surface area contributed by atoms with Gasteiger partial charge in [-0.05, 0) is 92.0 Å². The molecule has 0 saturated heterocycles. The lowest BCUT2D eigenvalue weighted by Gasteiger charge is -2.12. The van der Waals surface area contributed by atoms with Gasteiger partial charge in [-0.1, -0.05) is 133 Å². The van der Waals surface area contributed by atoms with E-state index in [9.17, 15) is 0 Å². The third kappa shape index (κ3) is 4.71. The molecule has 5 heteroatoms. The second-order valence-corrected chi connectivity index (χ2v) is 14.4. The molecular weight excluding hydrogens is 685 g/mol. The van der Waals surface area contributed by atoms with Crippen LogP contribution in [0.25, 0.3) is 116 Å². The van der Waals surface area contributed by atoms with Crippen LogP contribution < -0.4 is 0 Å². The van der Waals surface area contributed by atoms with E-state index in [4.69, 9.17) is 19.4 Å². The monoisotopic (exact) mass is 714 g/mol. The topological polar surface area (TPSA) is 56.7 Å². The molecule has 0 saturated carbocycles. The average Bonchev–Trinajstić information content (AvgIpc) is 3.80. The van der Waals surface area contributed by atoms with Crippen molar-refractivity contribution in [1.29, 1.82) is 0 Å². The van der Waals surface area contributed by atoms with E-state index in [1.54, 1.807) is 0 Å². The van der Waals surface area contributed by atoms with Gasteiger partial charge in [-0.25, -0.2) is 4.98 Å². The number of furan rings is 1. The van der Waals surface area contributed by atoms with Crippen LogP contribution in [0.2, 0.25) is 0 Å². The maximum absolute atomic E-state index is 6.39. The van der Waals surface area contributed by atoms with Crippen LogP contribution in [0, 0.1) is 0 Å². The number of hydrogen-bond acceptors (Lipinski definition) is 4. The number of nitrogens with zero attached hydrogens (tertiary/aromatic N) is 4. The van der Waals surface area contributed by atoms with Gasteiger partial charge in [-0.15, -0.1) is 0 Å². The third-order valence-electron chi connectivity index (χ3n) is 11.2. The molecule has 260 valence electrons. The smallest absolute Gasteiger partial charge is 0.238 e. The van der Waals surface area contributed by atoms with Gasteiger partial charge in [0.1, 0.15) is 11.2 Å². The minimum atomic E-state index is 0.561. The van der Waals surface area contributed by atoms with Crippen LogP contribution in [0.3, 0.4) is 0 Å². The van der Waals surface area contributed by atoms with E-state index in [1.807, 2.05) is 6.07 Å². The molecular formula is C51H30N4O. The Morgan fingerprint density at radius 3 is 1.82 bits per heavy atom. The lowest BCUT2D eigenvalue weighted by molar-refractivity contribution is 0.669. The molecule has 3 heterocycles. The number of aromatic nitrogens is 4. The molecule has 0 N–H and O–H groups in total. The summed E-state index contributed by atoms with van der Waals surface area (Å²) >= 11 is 0. The van der Waals surface area contributed by atoms with Gasteiger partial charge in [0.25, 0.3) is 0 Å². The molecule has 0 amide bonds. The van der Waals surface area contributed by atoms with E-state index >= 15 is 0 Å². The Hall–Kier alpha value is -7.63. The first kappa shape index (κ1) is 30.8. The predicted octanol–water partition coefficient (Wildman–Crippen LogP) is 13.3. The minimum absolute atomic E-state index is 0.561. The van der Waals surface area contributed by atoms with Crippen molar-refractivity contribution >= 4 is 76.1 Å². The number of rotatable bonds is 4. The van der Waals surface area contributed by atoms with Gasteiger partial charge < -0.3 is 4.42 Å². The SMILES string of the molecule is c1ccc(-c2cccc3ccc(-c4nc(-c5ccc6oc7cc8ccccc8cc7c6c5)nc(-n5c6ccccc6c6c7ccccc7ccc65)n4)cc23)cc1. The summed E-state index contributed by atoms with van der Waals surface area (Å²) in [5.41, 5.74) is 7.89. The molecule has 56 heavy (non-hydrogen) atoms. The summed E-state index contributed by atoms with van der Waals surface area (Å²) < 4.78 is 8.58. The zero-order valence-electron chi connectivity index (χ0n) is 30.0. The summed E-state index contributed by atoms with van der Waals surface area (Å²) in [7, 11) is 0. The van der Waals surface area contributed by atoms with Crippen molar-refractivity contribution < 1.29 is 4.42 Å². The molecule has 0 unspecified atom stereocenters. The Bertz CT molecular complexity index is 3540. The van der Waals surface area contributed by atoms with Gasteiger partial charge in [0.2, 0.25) is 5.95 Å². The van der Waals surface area contributed by atoms with Gasteiger partial charge in [-0.3, -0.25) is 4.57 Å². The largest absolute Gasteiger partial charge is 0.456 e. The van der Waals surface area contributed by atoms with E-state index in [1.165, 1.54) is 32.7 Å². The van der Waals surface area contributed by atoms with Crippen LogP contribution in [0.4, 0.5) is 0 Å². The summed E-state index contributed by atoms with van der Waals surface area (Å²) in [6.45, 7) is 0. The summed E-state index contributed by atoms with van der Waals surface area (Å²) in [6, 6.07) is 64.0. The Morgan fingerprint density at radius 2 is 0.982 bits per heavy atom. The molecule has 0 bridgehead atoms. The summed E-state index contributed by atoms with van der Waals surface area (Å²) in [5, 5.41) is 11.4. The first-order valence-electron chi connectivity index (χ1n) is 18.8. The molecule has 12 aromatic rings. The second-order valence-electron chi connectivity index (χ2n) is 14.4. The highest BCUT2D eigenvalue weighted by Crippen LogP contribution is 2.39. The lowest BCUT2D eigenvalue weighted by atomic mass is 9.96. The van der Waals surface area contributed by atoms with Gasteiger partial charge in [0.05, 0.1) is 11.0 Å². The molecule has 0 aliphatic rings. The second kappa shape index (κ2) is 11.9. The Labute approximate surface area is 320 Å². The molecule has 0 aliphatic heterocycles. The van der Waals surface area contributed by atoms with Gasteiger partial charge in [0, 0.05) is 32.7 Å². The average molecular weight is 715 g/mol. The quantitative estimate of drug-likeness (QED) is 0.182. The fourth-order valence-electron chi connectivity index (χ4n) is 8.56. The predicted molar refractivity (Wildman–Crippen MR) is 230 cm³/mol. The zero-order valence-corrected chi connectivity index (χ0v) is 30.0. The molecule has 12 rings (SSSR count). The highest BCUT2D eigenvalue weighted by atomic mass is 16.3. The molecule has 5 nitrogen and oxygen atoms in total. The van der Waals surface area contributed by atoms with E-state index < -0.39 is 0 Å². The first-order chi connectivity index (χ1) is 27.7. The van der Waals surface area contributed by atoms with Gasteiger partial charge in [0.15, 0.2) is 11.6 Å². The molecule has 0 fully saturated rings. The number of para-hydroxylation sites is 1. The van der Waals surface area contributed by atoms with E-state index in [0.717, 1.165) is 65.6 Å². The molecule has 9 aromatic carbocycles. The molecule has 0 radical (unpaired) electrons. The Kier molecular flexibility index (Phi) is 6.56. The van der Waals surface area contributed by atoms with Crippen LogP contribution in [0.15, 0.2) is 186 Å². The van der Waals surface area contributed by atoms with Crippen molar-refractivity contribution in [2.45, 2.75) is 0 Å². The van der Waals surface area contributed by atoms with Crippen LogP contribution in [0.5, 0.6) is 0 Å². The third-order valence-corrected chi connectivity index (χ3v) is 11.2. The number of benzene rings is 9. The molecule has 3 aromatic heterocycles. The van der Waals surface area contributed by atoms with E-state index in [-0.39, 0.29) is 0 Å². The fraction of sp³-hybridized carbons (Fsp3) is 0. The molecule has 0 atom stereocenters. The van der Waals surface area contributed by atoms with Crippen LogP contribution in [-0.2, 0) is 0 Å². The van der Waals surface area contributed by atoms with E-state index in [2.05, 4.69) is 180 Å². The summed E-state index contributed by atoms with van der Waals surface area (Å²) in [4.78, 5) is 15.9. The van der Waals surface area contributed by atoms with Gasteiger partial charge in [-0.2, -0.15) is 9.97 Å². The molecule has 0 aliphatic carbocycles. The Balaban J connectivity index is 1.13. The lowest BCUT2D eigenvalue weighted by Crippen LogP contribution is -2.06. The van der Waals surface area contributed by atoms with Crippen LogP contribution >= 0.6 is 0 Å². The Morgan fingerprint density at radius 1 is 0.357 bits per heavy atom. The maximum Gasteiger partial charge on any atom is 0.238 e. The summed E-state index contributed by atoms with van der Waals surface area (Å²) in [5.74, 6) is 1.75. The summed E-state index contributed by atoms with van der Waals surface area (Å²) in [6.07, 6.45) is 0. The van der Waals surface area contributed by atoms with Crippen LogP contribution in [-0.4, -0.2) is 19.5 Å². The van der Waals surface area contributed by atoms with Crippen molar-refractivity contribution in [3.05, 3.63) is 182 Å². The highest BCUT2D eigenvalue weighted by molar-refractivity contribution is 6.21. The van der Waals surface area contributed by atoms with Crippen LogP contribution in [0.1, 0.15) is 0 Å². The normalized spacial score (nSPS) is 11.9. The number of hydrogen-bond donors (Lipinski definition) is 0. The van der Waals surface area contributed by atoms with Crippen molar-refractivity contribution in [3.63, 3.8) is 0 Å². The maximum atomic E-state index is 6.39. The zero-order chi connectivity index (χ0) is 36.7. The highest BCUT2D eigenvalue weighted by Gasteiger charge is 2.20. The van der Waals surface area contributed by atoms with Crippen molar-refractivity contribution in [3.8, 4) is 39.9 Å². The van der Waals surface area contributed by atoms with Crippen molar-refractivity contribution in [1.82, 2.24) is 19.5 Å². The van der Waals surface area contributed by atoms with E-state index in [0.29, 0.717) is 17.6 Å². The number of fused-ring (bicyclic) bond motifs is 10. The fourth-order valence-corrected chi connectivity index (χ4v) is 8.56. The standard InChI is InChI=1S/C51H30N4O/c1-2-11-31(12-3-1)38-19-10-16-33-21-22-36(28-41(33)38)49-52-50(37-24-26-46-42(29-37)43-27-34-14-4-5-15-35(34)30-47(43)56-46)54-51(53-49)55-44-20-9-8-18-40(44)48-39-17-7-6-13-32(39)23-25-45(48)55/h1-30H. The van der Waals surface area contributed by atoms with Crippen molar-refractivity contribution in [2.75, 3.05) is 0 Å². The van der Waals surface area contributed by atoms with Gasteiger partial charge >= 0.3 is 0 Å². The first-order valence-corrected chi connectivity index (χ1v) is 18.8.